The lowest BCUT2D eigenvalue weighted by Crippen LogP contribution is -2.36. The molecule has 19 heavy (non-hydrogen) atoms. The first-order chi connectivity index (χ1) is 8.78. The SMILES string of the molecule is CCNC(Cc1c(Br)c(CC)nn1C)CC(F)(F)F. The second kappa shape index (κ2) is 6.74. The molecule has 0 bridgehead atoms. The number of aryl methyl sites for hydroxylation is 2. The number of likely N-dealkylation sites (N-methyl/N-ethyl adjacent to an activating group) is 1. The highest BCUT2D eigenvalue weighted by Gasteiger charge is 2.32. The van der Waals surface area contributed by atoms with E-state index in [1.807, 2.05) is 6.92 Å². The lowest BCUT2D eigenvalue weighted by molar-refractivity contribution is -0.139. The molecular weight excluding hydrogens is 323 g/mol. The summed E-state index contributed by atoms with van der Waals surface area (Å²) < 4.78 is 40.1. The van der Waals surface area contributed by atoms with Crippen molar-refractivity contribution in [2.75, 3.05) is 6.54 Å². The fourth-order valence-corrected chi connectivity index (χ4v) is 2.84. The molecule has 1 heterocycles. The van der Waals surface area contributed by atoms with Crippen molar-refractivity contribution in [3.63, 3.8) is 0 Å². The van der Waals surface area contributed by atoms with Crippen LogP contribution in [0.3, 0.4) is 0 Å². The summed E-state index contributed by atoms with van der Waals surface area (Å²) in [5.74, 6) is 0. The van der Waals surface area contributed by atoms with Gasteiger partial charge in [0.15, 0.2) is 0 Å². The van der Waals surface area contributed by atoms with E-state index < -0.39 is 18.6 Å². The third-order valence-electron chi connectivity index (χ3n) is 2.91. The van der Waals surface area contributed by atoms with Crippen LogP contribution in [0.5, 0.6) is 0 Å². The molecule has 1 unspecified atom stereocenters. The number of halogens is 4. The quantitative estimate of drug-likeness (QED) is 0.860. The summed E-state index contributed by atoms with van der Waals surface area (Å²) in [7, 11) is 1.76. The molecule has 0 aliphatic carbocycles. The second-order valence-electron chi connectivity index (χ2n) is 4.46. The predicted molar refractivity (Wildman–Crippen MR) is 72.1 cm³/mol. The molecule has 0 fully saturated rings. The molecule has 0 radical (unpaired) electrons. The Labute approximate surface area is 119 Å². The summed E-state index contributed by atoms with van der Waals surface area (Å²) in [5, 5.41) is 7.19. The molecule has 7 heteroatoms. The van der Waals surface area contributed by atoms with Gasteiger partial charge >= 0.3 is 6.18 Å². The Morgan fingerprint density at radius 2 is 2.00 bits per heavy atom. The van der Waals surface area contributed by atoms with E-state index in [2.05, 4.69) is 26.3 Å². The van der Waals surface area contributed by atoms with Gasteiger partial charge in [-0.3, -0.25) is 4.68 Å². The Morgan fingerprint density at radius 1 is 1.37 bits per heavy atom. The number of hydrogen-bond acceptors (Lipinski definition) is 2. The number of nitrogens with zero attached hydrogens (tertiary/aromatic N) is 2. The maximum atomic E-state index is 12.5. The molecular formula is C12H19BrF3N3. The van der Waals surface area contributed by atoms with Crippen LogP contribution >= 0.6 is 15.9 Å². The Bertz CT molecular complexity index is 415. The van der Waals surface area contributed by atoms with Crippen molar-refractivity contribution in [1.82, 2.24) is 15.1 Å². The molecule has 0 amide bonds. The number of nitrogens with one attached hydrogen (secondary N) is 1. The number of rotatable bonds is 6. The highest BCUT2D eigenvalue weighted by molar-refractivity contribution is 9.10. The molecule has 1 atom stereocenters. The third kappa shape index (κ3) is 4.80. The first kappa shape index (κ1) is 16.5. The van der Waals surface area contributed by atoms with E-state index in [9.17, 15) is 13.2 Å². The third-order valence-corrected chi connectivity index (χ3v) is 3.83. The van der Waals surface area contributed by atoms with Gasteiger partial charge in [0.2, 0.25) is 0 Å². The van der Waals surface area contributed by atoms with Gasteiger partial charge in [0.1, 0.15) is 0 Å². The van der Waals surface area contributed by atoms with Gasteiger partial charge in [0.05, 0.1) is 22.3 Å². The van der Waals surface area contributed by atoms with Crippen LogP contribution in [0.25, 0.3) is 0 Å². The van der Waals surface area contributed by atoms with Crippen molar-refractivity contribution in [1.29, 1.82) is 0 Å². The van der Waals surface area contributed by atoms with Crippen LogP contribution < -0.4 is 5.32 Å². The summed E-state index contributed by atoms with van der Waals surface area (Å²) in [4.78, 5) is 0. The standard InChI is InChI=1S/C12H19BrF3N3/c1-4-9-11(13)10(19(3)18-9)6-8(17-5-2)7-12(14,15)16/h8,17H,4-7H2,1-3H3. The maximum absolute atomic E-state index is 12.5. The van der Waals surface area contributed by atoms with Crippen LogP contribution in [0.2, 0.25) is 0 Å². The van der Waals surface area contributed by atoms with E-state index >= 15 is 0 Å². The average Bonchev–Trinajstić information content (AvgIpc) is 2.54. The first-order valence-corrected chi connectivity index (χ1v) is 7.08. The zero-order valence-electron chi connectivity index (χ0n) is 11.3. The molecule has 3 nitrogen and oxygen atoms in total. The van der Waals surface area contributed by atoms with Crippen LogP contribution in [0.4, 0.5) is 13.2 Å². The second-order valence-corrected chi connectivity index (χ2v) is 5.26. The van der Waals surface area contributed by atoms with Gasteiger partial charge in [-0.1, -0.05) is 13.8 Å². The fraction of sp³-hybridized carbons (Fsp3) is 0.750. The topological polar surface area (TPSA) is 29.9 Å². The first-order valence-electron chi connectivity index (χ1n) is 6.28. The molecule has 0 saturated heterocycles. The van der Waals surface area contributed by atoms with Crippen LogP contribution in [-0.4, -0.2) is 28.5 Å². The molecule has 1 rings (SSSR count). The Hall–Kier alpha value is -0.560. The monoisotopic (exact) mass is 341 g/mol. The molecule has 0 saturated carbocycles. The minimum atomic E-state index is -4.16. The molecule has 0 aromatic carbocycles. The molecule has 0 aliphatic heterocycles. The van der Waals surface area contributed by atoms with E-state index in [0.717, 1.165) is 22.3 Å². The Kier molecular flexibility index (Phi) is 5.85. The molecule has 0 aliphatic rings. The van der Waals surface area contributed by atoms with Crippen LogP contribution in [0, 0.1) is 0 Å². The van der Waals surface area contributed by atoms with Gasteiger partial charge < -0.3 is 5.32 Å². The summed E-state index contributed by atoms with van der Waals surface area (Å²) in [6, 6.07) is -0.624. The van der Waals surface area contributed by atoms with Crippen molar-refractivity contribution in [2.24, 2.45) is 7.05 Å². The van der Waals surface area contributed by atoms with Crippen molar-refractivity contribution in [3.8, 4) is 0 Å². The predicted octanol–water partition coefficient (Wildman–Crippen LogP) is 3.22. The van der Waals surface area contributed by atoms with Gasteiger partial charge in [-0.25, -0.2) is 0 Å². The highest BCUT2D eigenvalue weighted by Crippen LogP contribution is 2.27. The molecule has 110 valence electrons. The maximum Gasteiger partial charge on any atom is 0.390 e. The number of hydrogen-bond donors (Lipinski definition) is 1. The molecule has 1 aromatic heterocycles. The lowest BCUT2D eigenvalue weighted by atomic mass is 10.1. The lowest BCUT2D eigenvalue weighted by Gasteiger charge is -2.19. The van der Waals surface area contributed by atoms with Crippen molar-refractivity contribution in [2.45, 2.75) is 45.3 Å². The smallest absolute Gasteiger partial charge is 0.314 e. The van der Waals surface area contributed by atoms with Crippen LogP contribution in [0.15, 0.2) is 4.47 Å². The zero-order chi connectivity index (χ0) is 14.6. The Morgan fingerprint density at radius 3 is 2.42 bits per heavy atom. The van der Waals surface area contributed by atoms with Gasteiger partial charge in [-0.15, -0.1) is 0 Å². The zero-order valence-corrected chi connectivity index (χ0v) is 12.9. The normalized spacial score (nSPS) is 13.8. The molecule has 1 aromatic rings. The average molecular weight is 342 g/mol. The molecule has 0 spiro atoms. The van der Waals surface area contributed by atoms with Crippen molar-refractivity contribution in [3.05, 3.63) is 15.9 Å². The van der Waals surface area contributed by atoms with E-state index in [1.54, 1.807) is 18.7 Å². The van der Waals surface area contributed by atoms with Crippen molar-refractivity contribution < 1.29 is 13.2 Å². The van der Waals surface area contributed by atoms with E-state index in [1.165, 1.54) is 0 Å². The van der Waals surface area contributed by atoms with Crippen LogP contribution in [0.1, 0.15) is 31.7 Å². The largest absolute Gasteiger partial charge is 0.390 e. The van der Waals surface area contributed by atoms with Gasteiger partial charge in [0.25, 0.3) is 0 Å². The van der Waals surface area contributed by atoms with Gasteiger partial charge in [0, 0.05) is 19.5 Å². The molecule has 1 N–H and O–H groups in total. The minimum Gasteiger partial charge on any atom is -0.314 e. The number of alkyl halides is 3. The fourth-order valence-electron chi connectivity index (χ4n) is 2.06. The summed E-state index contributed by atoms with van der Waals surface area (Å²) in [5.41, 5.74) is 1.67. The minimum absolute atomic E-state index is 0.303. The highest BCUT2D eigenvalue weighted by atomic mass is 79.9. The summed E-state index contributed by atoms with van der Waals surface area (Å²) in [6.45, 7) is 4.28. The Balaban J connectivity index is 2.87. The van der Waals surface area contributed by atoms with Gasteiger partial charge in [-0.2, -0.15) is 18.3 Å². The number of aromatic nitrogens is 2. The van der Waals surface area contributed by atoms with E-state index in [0.29, 0.717) is 13.0 Å². The van der Waals surface area contributed by atoms with Gasteiger partial charge in [-0.05, 0) is 28.9 Å². The van der Waals surface area contributed by atoms with Crippen molar-refractivity contribution >= 4 is 15.9 Å². The summed E-state index contributed by atoms with van der Waals surface area (Å²) >= 11 is 3.43. The summed E-state index contributed by atoms with van der Waals surface area (Å²) in [6.07, 6.45) is -3.94. The van der Waals surface area contributed by atoms with E-state index in [-0.39, 0.29) is 0 Å². The van der Waals surface area contributed by atoms with Crippen LogP contribution in [-0.2, 0) is 19.9 Å². The van der Waals surface area contributed by atoms with E-state index in [4.69, 9.17) is 0 Å².